The zero-order chi connectivity index (χ0) is 24.2. The maximum Gasteiger partial charge on any atom is 0.248 e. The van der Waals surface area contributed by atoms with Gasteiger partial charge in [-0.3, -0.25) is 4.79 Å². The van der Waals surface area contributed by atoms with Crippen molar-refractivity contribution < 1.29 is 18.7 Å². The van der Waals surface area contributed by atoms with E-state index in [4.69, 9.17) is 13.9 Å². The molecule has 0 bridgehead atoms. The molecular weight excluding hydrogens is 426 g/mol. The van der Waals surface area contributed by atoms with Crippen LogP contribution in [0, 0.1) is 13.8 Å². The topological polar surface area (TPSA) is 60.7 Å². The van der Waals surface area contributed by atoms with Crippen molar-refractivity contribution in [2.75, 3.05) is 19.0 Å². The molecule has 0 aliphatic heterocycles. The number of furan rings is 1. The van der Waals surface area contributed by atoms with Crippen LogP contribution in [0.4, 0.5) is 5.69 Å². The summed E-state index contributed by atoms with van der Waals surface area (Å²) in [4.78, 5) is 12.7. The van der Waals surface area contributed by atoms with Gasteiger partial charge < -0.3 is 19.2 Å². The Morgan fingerprint density at radius 1 is 1.06 bits per heavy atom. The molecule has 1 N–H and O–H groups in total. The molecule has 0 saturated heterocycles. The van der Waals surface area contributed by atoms with Gasteiger partial charge in [-0.25, -0.2) is 0 Å². The number of aryl methyl sites for hydroxylation is 2. The molecule has 34 heavy (non-hydrogen) atoms. The molecule has 0 aliphatic rings. The smallest absolute Gasteiger partial charge is 0.248 e. The van der Waals surface area contributed by atoms with Crippen molar-refractivity contribution in [3.8, 4) is 22.6 Å². The summed E-state index contributed by atoms with van der Waals surface area (Å²) in [5, 5.41) is 3.89. The fourth-order valence-electron chi connectivity index (χ4n) is 4.08. The predicted molar refractivity (Wildman–Crippen MR) is 138 cm³/mol. The maximum atomic E-state index is 12.7. The van der Waals surface area contributed by atoms with Gasteiger partial charge >= 0.3 is 0 Å². The third-order valence-corrected chi connectivity index (χ3v) is 5.82. The van der Waals surface area contributed by atoms with Crippen LogP contribution < -0.4 is 14.8 Å². The lowest BCUT2D eigenvalue weighted by molar-refractivity contribution is -0.111. The third-order valence-electron chi connectivity index (χ3n) is 5.82. The molecule has 0 fully saturated rings. The molecule has 0 unspecified atom stereocenters. The van der Waals surface area contributed by atoms with Crippen molar-refractivity contribution in [2.24, 2.45) is 0 Å². The van der Waals surface area contributed by atoms with Crippen LogP contribution in [0.25, 0.3) is 27.7 Å². The summed E-state index contributed by atoms with van der Waals surface area (Å²) in [5.74, 6) is 1.25. The van der Waals surface area contributed by atoms with Gasteiger partial charge in [0.25, 0.3) is 0 Å². The van der Waals surface area contributed by atoms with Crippen molar-refractivity contribution in [1.29, 1.82) is 0 Å². The van der Waals surface area contributed by atoms with Gasteiger partial charge in [0.2, 0.25) is 5.91 Å². The first-order chi connectivity index (χ1) is 16.4. The number of rotatable bonds is 7. The van der Waals surface area contributed by atoms with Crippen LogP contribution >= 0.6 is 0 Å². The van der Waals surface area contributed by atoms with Gasteiger partial charge in [-0.1, -0.05) is 29.8 Å². The van der Waals surface area contributed by atoms with Gasteiger partial charge in [0.05, 0.1) is 20.0 Å². The van der Waals surface area contributed by atoms with E-state index in [9.17, 15) is 4.79 Å². The molecule has 0 radical (unpaired) electrons. The predicted octanol–water partition coefficient (Wildman–Crippen LogP) is 7.17. The minimum absolute atomic E-state index is 0.215. The Morgan fingerprint density at radius 3 is 2.41 bits per heavy atom. The highest BCUT2D eigenvalue weighted by Crippen LogP contribution is 2.40. The molecule has 174 valence electrons. The van der Waals surface area contributed by atoms with Gasteiger partial charge in [0.1, 0.15) is 17.1 Å². The number of allylic oxidation sites excluding steroid dienone is 1. The van der Waals surface area contributed by atoms with Crippen LogP contribution in [0.3, 0.4) is 0 Å². The second kappa shape index (κ2) is 9.87. The Bertz CT molecular complexity index is 1350. The van der Waals surface area contributed by atoms with E-state index in [1.165, 1.54) is 5.56 Å². The van der Waals surface area contributed by atoms with Gasteiger partial charge in [-0.15, -0.1) is 0 Å². The summed E-state index contributed by atoms with van der Waals surface area (Å²) in [7, 11) is 1.63. The first-order valence-electron chi connectivity index (χ1n) is 11.3. The maximum absolute atomic E-state index is 12.7. The number of hydrogen-bond donors (Lipinski definition) is 1. The lowest BCUT2D eigenvalue weighted by atomic mass is 9.96. The van der Waals surface area contributed by atoms with Crippen molar-refractivity contribution in [3.05, 3.63) is 83.6 Å². The molecule has 0 aliphatic carbocycles. The zero-order valence-corrected chi connectivity index (χ0v) is 20.2. The number of ether oxygens (including phenoxy) is 2. The Balaban J connectivity index is 1.68. The number of benzene rings is 3. The average Bonchev–Trinajstić information content (AvgIpc) is 3.25. The van der Waals surface area contributed by atoms with E-state index in [0.29, 0.717) is 18.0 Å². The van der Waals surface area contributed by atoms with E-state index in [1.54, 1.807) is 19.4 Å². The number of fused-ring (bicyclic) bond motifs is 1. The minimum Gasteiger partial charge on any atom is -0.496 e. The van der Waals surface area contributed by atoms with Gasteiger partial charge in [0, 0.05) is 33.8 Å². The molecule has 1 heterocycles. The molecule has 4 rings (SSSR count). The van der Waals surface area contributed by atoms with Crippen LogP contribution in [0.15, 0.2) is 71.4 Å². The van der Waals surface area contributed by atoms with Crippen LogP contribution in [0.2, 0.25) is 0 Å². The number of carbonyl (C=O) groups is 1. The largest absolute Gasteiger partial charge is 0.496 e. The molecule has 1 aromatic heterocycles. The van der Waals surface area contributed by atoms with Crippen molar-refractivity contribution in [2.45, 2.75) is 27.7 Å². The minimum atomic E-state index is -0.215. The Labute approximate surface area is 200 Å². The second-order valence-electron chi connectivity index (χ2n) is 8.25. The number of hydrogen-bond acceptors (Lipinski definition) is 4. The fraction of sp³-hybridized carbons (Fsp3) is 0.207. The summed E-state index contributed by atoms with van der Waals surface area (Å²) >= 11 is 0. The second-order valence-corrected chi connectivity index (χ2v) is 8.25. The standard InChI is InChI=1S/C29H29NO4/c1-6-33-23-13-11-22(12-14-23)30-27(31)15-19(3)24-16-25-26(21-9-7-18(2)8-10-21)17-34-29(25)20(4)28(24)32-5/h7-17H,6H2,1-5H3,(H,30,31)/b19-15+. The lowest BCUT2D eigenvalue weighted by Gasteiger charge is -2.13. The van der Waals surface area contributed by atoms with Crippen LogP contribution in [0.5, 0.6) is 11.5 Å². The van der Waals surface area contributed by atoms with Crippen molar-refractivity contribution >= 4 is 28.1 Å². The summed E-state index contributed by atoms with van der Waals surface area (Å²) in [6.07, 6.45) is 3.37. The lowest BCUT2D eigenvalue weighted by Crippen LogP contribution is -2.08. The molecule has 5 nitrogen and oxygen atoms in total. The highest BCUT2D eigenvalue weighted by atomic mass is 16.5. The average molecular weight is 456 g/mol. The number of anilines is 1. The molecule has 0 saturated carbocycles. The van der Waals surface area contributed by atoms with E-state index in [2.05, 4.69) is 36.5 Å². The van der Waals surface area contributed by atoms with Gasteiger partial charge in [-0.2, -0.15) is 0 Å². The van der Waals surface area contributed by atoms with E-state index in [0.717, 1.165) is 44.5 Å². The molecule has 0 spiro atoms. The van der Waals surface area contributed by atoms with Crippen LogP contribution in [-0.2, 0) is 4.79 Å². The van der Waals surface area contributed by atoms with Crippen molar-refractivity contribution in [3.63, 3.8) is 0 Å². The first-order valence-corrected chi connectivity index (χ1v) is 11.3. The molecule has 0 atom stereocenters. The number of carbonyl (C=O) groups excluding carboxylic acids is 1. The van der Waals surface area contributed by atoms with Gasteiger partial charge in [-0.05, 0) is 69.2 Å². The molecule has 3 aromatic carbocycles. The molecular formula is C29H29NO4. The SMILES string of the molecule is CCOc1ccc(NC(=O)/C=C(\C)c2cc3c(-c4ccc(C)cc4)coc3c(C)c2OC)cc1. The quantitative estimate of drug-likeness (QED) is 0.300. The zero-order valence-electron chi connectivity index (χ0n) is 20.2. The Hall–Kier alpha value is -3.99. The Morgan fingerprint density at radius 2 is 1.76 bits per heavy atom. The number of amides is 1. The van der Waals surface area contributed by atoms with Crippen molar-refractivity contribution in [1.82, 2.24) is 0 Å². The normalized spacial score (nSPS) is 11.5. The monoisotopic (exact) mass is 455 g/mol. The van der Waals surface area contributed by atoms with E-state index < -0.39 is 0 Å². The highest BCUT2D eigenvalue weighted by molar-refractivity contribution is 6.06. The Kier molecular flexibility index (Phi) is 6.73. The van der Waals surface area contributed by atoms with E-state index in [-0.39, 0.29) is 5.91 Å². The molecule has 4 aromatic rings. The third kappa shape index (κ3) is 4.69. The molecule has 5 heteroatoms. The van der Waals surface area contributed by atoms with Crippen LogP contribution in [0.1, 0.15) is 30.5 Å². The summed E-state index contributed by atoms with van der Waals surface area (Å²) in [5.41, 5.74) is 7.31. The van der Waals surface area contributed by atoms with E-state index in [1.807, 2.05) is 51.1 Å². The fourth-order valence-corrected chi connectivity index (χ4v) is 4.08. The first kappa shape index (κ1) is 23.2. The summed E-state index contributed by atoms with van der Waals surface area (Å²) in [6.45, 7) is 8.48. The number of nitrogens with one attached hydrogen (secondary N) is 1. The summed E-state index contributed by atoms with van der Waals surface area (Å²) in [6, 6.07) is 17.7. The number of methoxy groups -OCH3 is 1. The molecule has 1 amide bonds. The summed E-state index contributed by atoms with van der Waals surface area (Å²) < 4.78 is 17.1. The van der Waals surface area contributed by atoms with E-state index >= 15 is 0 Å². The van der Waals surface area contributed by atoms with Crippen LogP contribution in [-0.4, -0.2) is 19.6 Å². The highest BCUT2D eigenvalue weighted by Gasteiger charge is 2.18. The van der Waals surface area contributed by atoms with Gasteiger partial charge in [0.15, 0.2) is 0 Å².